The van der Waals surface area contributed by atoms with E-state index in [1.54, 1.807) is 23.5 Å². The van der Waals surface area contributed by atoms with Crippen LogP contribution < -0.4 is 5.32 Å². The summed E-state index contributed by atoms with van der Waals surface area (Å²) in [6.45, 7) is 3.06. The van der Waals surface area contributed by atoms with Crippen molar-refractivity contribution in [1.29, 1.82) is 0 Å². The molecule has 3 rings (SSSR count). The third kappa shape index (κ3) is 2.10. The van der Waals surface area contributed by atoms with E-state index in [-0.39, 0.29) is 5.82 Å². The number of benzene rings is 1. The molecule has 0 fully saturated rings. The van der Waals surface area contributed by atoms with Crippen molar-refractivity contribution in [2.45, 2.75) is 25.9 Å². The summed E-state index contributed by atoms with van der Waals surface area (Å²) in [6.07, 6.45) is 0.979. The van der Waals surface area contributed by atoms with Gasteiger partial charge in [0, 0.05) is 29.4 Å². The largest absolute Gasteiger partial charge is 0.309 e. The molecular weight excluding hydrogens is 235 g/mol. The summed E-state index contributed by atoms with van der Waals surface area (Å²) in [5.41, 5.74) is 2.19. The molecule has 17 heavy (non-hydrogen) atoms. The van der Waals surface area contributed by atoms with E-state index in [4.69, 9.17) is 0 Å². The van der Waals surface area contributed by atoms with Crippen molar-refractivity contribution in [2.24, 2.45) is 0 Å². The molecule has 2 aromatic rings. The van der Waals surface area contributed by atoms with Crippen LogP contribution in [-0.2, 0) is 13.0 Å². The first-order valence-corrected chi connectivity index (χ1v) is 6.52. The highest BCUT2D eigenvalue weighted by molar-refractivity contribution is 7.15. The van der Waals surface area contributed by atoms with Gasteiger partial charge in [0.15, 0.2) is 0 Å². The summed E-state index contributed by atoms with van der Waals surface area (Å²) in [5.74, 6) is -0.203. The minimum Gasteiger partial charge on any atom is -0.309 e. The number of nitrogens with zero attached hydrogens (tertiary/aromatic N) is 1. The molecule has 0 aliphatic carbocycles. The Morgan fingerprint density at radius 2 is 2.12 bits per heavy atom. The topological polar surface area (TPSA) is 24.9 Å². The molecule has 2 nitrogen and oxygen atoms in total. The maximum absolute atomic E-state index is 12.9. The van der Waals surface area contributed by atoms with Crippen LogP contribution in [0.5, 0.6) is 0 Å². The molecule has 2 heterocycles. The molecule has 0 amide bonds. The SMILES string of the molecule is CC1Cc2nc(-c3ccc(F)cc3)sc2CN1. The van der Waals surface area contributed by atoms with Gasteiger partial charge in [0.25, 0.3) is 0 Å². The lowest BCUT2D eigenvalue weighted by molar-refractivity contribution is 0.513. The van der Waals surface area contributed by atoms with Crippen LogP contribution in [0.3, 0.4) is 0 Å². The Balaban J connectivity index is 1.97. The number of fused-ring (bicyclic) bond motifs is 1. The Hall–Kier alpha value is -1.26. The van der Waals surface area contributed by atoms with Gasteiger partial charge >= 0.3 is 0 Å². The van der Waals surface area contributed by atoms with Gasteiger partial charge in [-0.05, 0) is 31.2 Å². The molecule has 1 N–H and O–H groups in total. The van der Waals surface area contributed by atoms with Crippen molar-refractivity contribution in [1.82, 2.24) is 10.3 Å². The summed E-state index contributed by atoms with van der Waals surface area (Å²) in [6, 6.07) is 7.03. The molecule has 88 valence electrons. The summed E-state index contributed by atoms with van der Waals surface area (Å²) < 4.78 is 12.9. The van der Waals surface area contributed by atoms with E-state index >= 15 is 0 Å². The minimum absolute atomic E-state index is 0.203. The Kier molecular flexibility index (Phi) is 2.68. The second kappa shape index (κ2) is 4.20. The Labute approximate surface area is 104 Å². The number of nitrogens with one attached hydrogen (secondary N) is 1. The standard InChI is InChI=1S/C13H13FN2S/c1-8-6-11-12(7-15-8)17-13(16-11)9-2-4-10(14)5-3-9/h2-5,8,15H,6-7H2,1H3. The molecule has 4 heteroatoms. The van der Waals surface area contributed by atoms with Crippen molar-refractivity contribution in [3.63, 3.8) is 0 Å². The van der Waals surface area contributed by atoms with Gasteiger partial charge in [-0.1, -0.05) is 0 Å². The van der Waals surface area contributed by atoms with E-state index in [1.807, 2.05) is 0 Å². The quantitative estimate of drug-likeness (QED) is 0.839. The van der Waals surface area contributed by atoms with Crippen LogP contribution in [0.4, 0.5) is 4.39 Å². The molecule has 0 saturated carbocycles. The highest BCUT2D eigenvalue weighted by Crippen LogP contribution is 2.30. The number of hydrogen-bond acceptors (Lipinski definition) is 3. The first-order valence-electron chi connectivity index (χ1n) is 5.70. The first-order chi connectivity index (χ1) is 8.22. The third-order valence-corrected chi connectivity index (χ3v) is 4.13. The monoisotopic (exact) mass is 248 g/mol. The van der Waals surface area contributed by atoms with Crippen LogP contribution in [0.25, 0.3) is 10.6 Å². The van der Waals surface area contributed by atoms with Crippen molar-refractivity contribution in [2.75, 3.05) is 0 Å². The van der Waals surface area contributed by atoms with Gasteiger partial charge < -0.3 is 5.32 Å². The van der Waals surface area contributed by atoms with Gasteiger partial charge in [-0.15, -0.1) is 11.3 Å². The van der Waals surface area contributed by atoms with Gasteiger partial charge in [0.05, 0.1) is 5.69 Å². The summed E-state index contributed by atoms with van der Waals surface area (Å²) in [5, 5.41) is 4.41. The van der Waals surface area contributed by atoms with Gasteiger partial charge in [-0.25, -0.2) is 9.37 Å². The zero-order valence-corrected chi connectivity index (χ0v) is 10.4. The molecule has 0 spiro atoms. The van der Waals surface area contributed by atoms with Crippen LogP contribution in [0, 0.1) is 5.82 Å². The summed E-state index contributed by atoms with van der Waals surface area (Å²) >= 11 is 1.70. The molecule has 1 aliphatic rings. The smallest absolute Gasteiger partial charge is 0.123 e. The van der Waals surface area contributed by atoms with E-state index in [0.29, 0.717) is 6.04 Å². The molecule has 0 radical (unpaired) electrons. The highest BCUT2D eigenvalue weighted by atomic mass is 32.1. The summed E-state index contributed by atoms with van der Waals surface area (Å²) in [7, 11) is 0. The maximum Gasteiger partial charge on any atom is 0.123 e. The molecule has 1 aromatic heterocycles. The fourth-order valence-electron chi connectivity index (χ4n) is 2.03. The predicted octanol–water partition coefficient (Wildman–Crippen LogP) is 2.98. The molecule has 1 atom stereocenters. The third-order valence-electron chi connectivity index (χ3n) is 2.98. The van der Waals surface area contributed by atoms with E-state index in [0.717, 1.165) is 23.5 Å². The van der Waals surface area contributed by atoms with Crippen molar-refractivity contribution in [3.8, 4) is 10.6 Å². The average Bonchev–Trinajstić information content (AvgIpc) is 2.72. The number of thiazole rings is 1. The Morgan fingerprint density at radius 3 is 2.88 bits per heavy atom. The van der Waals surface area contributed by atoms with Crippen molar-refractivity contribution >= 4 is 11.3 Å². The second-order valence-corrected chi connectivity index (χ2v) is 5.47. The van der Waals surface area contributed by atoms with Crippen LogP contribution in [0.15, 0.2) is 24.3 Å². The molecule has 1 aliphatic heterocycles. The van der Waals surface area contributed by atoms with E-state index in [2.05, 4.69) is 17.2 Å². The lowest BCUT2D eigenvalue weighted by Crippen LogP contribution is -2.32. The Morgan fingerprint density at radius 1 is 1.35 bits per heavy atom. The Bertz CT molecular complexity index is 533. The molecule has 0 saturated heterocycles. The first kappa shape index (κ1) is 10.9. The minimum atomic E-state index is -0.203. The fourth-order valence-corrected chi connectivity index (χ4v) is 3.07. The van der Waals surface area contributed by atoms with Crippen LogP contribution in [-0.4, -0.2) is 11.0 Å². The van der Waals surface area contributed by atoms with Gasteiger partial charge in [0.1, 0.15) is 10.8 Å². The van der Waals surface area contributed by atoms with Crippen molar-refractivity contribution in [3.05, 3.63) is 40.7 Å². The van der Waals surface area contributed by atoms with E-state index < -0.39 is 0 Å². The van der Waals surface area contributed by atoms with Crippen molar-refractivity contribution < 1.29 is 4.39 Å². The number of halogens is 1. The second-order valence-electron chi connectivity index (χ2n) is 4.38. The van der Waals surface area contributed by atoms with Crippen LogP contribution in [0.1, 0.15) is 17.5 Å². The fraction of sp³-hybridized carbons (Fsp3) is 0.308. The van der Waals surface area contributed by atoms with Gasteiger partial charge in [-0.2, -0.15) is 0 Å². The van der Waals surface area contributed by atoms with Gasteiger partial charge in [-0.3, -0.25) is 0 Å². The predicted molar refractivity (Wildman–Crippen MR) is 67.5 cm³/mol. The highest BCUT2D eigenvalue weighted by Gasteiger charge is 2.19. The number of aromatic nitrogens is 1. The molecule has 0 bridgehead atoms. The number of rotatable bonds is 1. The lowest BCUT2D eigenvalue weighted by Gasteiger charge is -2.18. The van der Waals surface area contributed by atoms with E-state index in [9.17, 15) is 4.39 Å². The zero-order chi connectivity index (χ0) is 11.8. The normalized spacial score (nSPS) is 19.1. The molecular formula is C13H13FN2S. The maximum atomic E-state index is 12.9. The number of hydrogen-bond donors (Lipinski definition) is 1. The molecule has 1 unspecified atom stereocenters. The summed E-state index contributed by atoms with van der Waals surface area (Å²) in [4.78, 5) is 5.96. The molecule has 1 aromatic carbocycles. The lowest BCUT2D eigenvalue weighted by atomic mass is 10.1. The van der Waals surface area contributed by atoms with Crippen LogP contribution in [0.2, 0.25) is 0 Å². The average molecular weight is 248 g/mol. The van der Waals surface area contributed by atoms with E-state index in [1.165, 1.54) is 22.7 Å². The van der Waals surface area contributed by atoms with Crippen LogP contribution >= 0.6 is 11.3 Å². The van der Waals surface area contributed by atoms with Gasteiger partial charge in [0.2, 0.25) is 0 Å². The zero-order valence-electron chi connectivity index (χ0n) is 9.53.